The lowest BCUT2D eigenvalue weighted by atomic mass is 9.99. The quantitative estimate of drug-likeness (QED) is 0.237. The molecule has 4 aromatic rings. The summed E-state index contributed by atoms with van der Waals surface area (Å²) in [6.45, 7) is 0. The lowest BCUT2D eigenvalue weighted by Crippen LogP contribution is -2.31. The van der Waals surface area contributed by atoms with Crippen LogP contribution in [0.15, 0.2) is 71.5 Å². The highest BCUT2D eigenvalue weighted by atomic mass is 32.2. The molecule has 0 aliphatic heterocycles. The van der Waals surface area contributed by atoms with E-state index < -0.39 is 53.0 Å². The molecule has 0 saturated carbocycles. The second-order valence-electron chi connectivity index (χ2n) is 7.15. The monoisotopic (exact) mass is 532 g/mol. The zero-order chi connectivity index (χ0) is 25.8. The highest BCUT2D eigenvalue weighted by Crippen LogP contribution is 2.35. The summed E-state index contributed by atoms with van der Waals surface area (Å²) in [5.74, 6) is -1.82. The number of rotatable bonds is 6. The van der Waals surface area contributed by atoms with Crippen molar-refractivity contribution in [3.63, 3.8) is 0 Å². The van der Waals surface area contributed by atoms with Crippen LogP contribution in [0.3, 0.4) is 0 Å². The van der Waals surface area contributed by atoms with E-state index in [1.54, 1.807) is 0 Å². The van der Waals surface area contributed by atoms with E-state index in [-0.39, 0.29) is 11.4 Å². The van der Waals surface area contributed by atoms with Gasteiger partial charge in [0.05, 0.1) is 24.8 Å². The fourth-order valence-corrected chi connectivity index (χ4v) is 4.26. The molecule has 0 radical (unpaired) electrons. The Morgan fingerprint density at radius 1 is 0.583 bits per heavy atom. The minimum absolute atomic E-state index is 0.293. The number of allylic oxidation sites excluding steroid dienone is 4. The molecule has 0 amide bonds. The summed E-state index contributed by atoms with van der Waals surface area (Å²) in [6.07, 6.45) is 8.50. The van der Waals surface area contributed by atoms with Gasteiger partial charge in [-0.25, -0.2) is 18.7 Å². The van der Waals surface area contributed by atoms with Crippen LogP contribution in [-0.4, -0.2) is 76.6 Å². The number of hydrogen-bond acceptors (Lipinski definition) is 10. The minimum atomic E-state index is -4.73. The van der Waals surface area contributed by atoms with Crippen LogP contribution < -0.4 is 0 Å². The standard InChI is InChI=1S/C18H12N8O8S2/c27-17-13(23-5-1-3-19-23)14(24-6-2-4-20-24)18(28)16(26-10-12(8-22-26)36(32,33)34)15(17)25-9-11(7-21-25)35(29,30)31/h1-10H,(H,29,30,31)(H,32,33,34). The molecular weight excluding hydrogens is 520 g/mol. The van der Waals surface area contributed by atoms with Gasteiger partial charge in [0.1, 0.15) is 32.6 Å². The molecule has 0 atom stereocenters. The zero-order valence-electron chi connectivity index (χ0n) is 17.5. The van der Waals surface area contributed by atoms with E-state index in [2.05, 4.69) is 20.4 Å². The van der Waals surface area contributed by atoms with E-state index in [4.69, 9.17) is 0 Å². The first-order valence-corrected chi connectivity index (χ1v) is 12.5. The van der Waals surface area contributed by atoms with Gasteiger partial charge in [0, 0.05) is 24.8 Å². The number of carbonyl (C=O) groups excluding carboxylic acids is 2. The zero-order valence-corrected chi connectivity index (χ0v) is 19.1. The maximum absolute atomic E-state index is 13.9. The van der Waals surface area contributed by atoms with Crippen LogP contribution in [-0.2, 0) is 29.8 Å². The summed E-state index contributed by atoms with van der Waals surface area (Å²) < 4.78 is 68.7. The summed E-state index contributed by atoms with van der Waals surface area (Å²) in [5, 5.41) is 15.6. The number of aromatic nitrogens is 8. The van der Waals surface area contributed by atoms with Crippen LogP contribution in [0.2, 0.25) is 0 Å². The minimum Gasteiger partial charge on any atom is -0.285 e. The lowest BCUT2D eigenvalue weighted by Gasteiger charge is -2.23. The number of nitrogens with zero attached hydrogens (tertiary/aromatic N) is 8. The molecule has 1 aliphatic rings. The molecule has 0 unspecified atom stereocenters. The first-order chi connectivity index (χ1) is 17.0. The van der Waals surface area contributed by atoms with Crippen molar-refractivity contribution in [1.82, 2.24) is 39.1 Å². The van der Waals surface area contributed by atoms with Crippen molar-refractivity contribution in [3.8, 4) is 0 Å². The first-order valence-electron chi connectivity index (χ1n) is 9.60. The molecule has 0 fully saturated rings. The third-order valence-electron chi connectivity index (χ3n) is 4.95. The molecule has 184 valence electrons. The normalized spacial score (nSPS) is 15.3. The van der Waals surface area contributed by atoms with Gasteiger partial charge >= 0.3 is 0 Å². The van der Waals surface area contributed by atoms with Crippen LogP contribution in [0.5, 0.6) is 0 Å². The molecule has 0 aromatic carbocycles. The molecule has 2 N–H and O–H groups in total. The summed E-state index contributed by atoms with van der Waals surface area (Å²) >= 11 is 0. The van der Waals surface area contributed by atoms with Gasteiger partial charge in [-0.2, -0.15) is 37.2 Å². The van der Waals surface area contributed by atoms with Gasteiger partial charge in [0.25, 0.3) is 20.2 Å². The molecule has 1 aliphatic carbocycles. The molecule has 18 heteroatoms. The largest absolute Gasteiger partial charge is 0.297 e. The Balaban J connectivity index is 1.84. The van der Waals surface area contributed by atoms with E-state index in [9.17, 15) is 35.5 Å². The smallest absolute Gasteiger partial charge is 0.285 e. The molecule has 0 bridgehead atoms. The first kappa shape index (κ1) is 23.2. The number of ketones is 2. The van der Waals surface area contributed by atoms with Gasteiger partial charge in [-0.3, -0.25) is 18.7 Å². The van der Waals surface area contributed by atoms with Gasteiger partial charge in [-0.05, 0) is 12.1 Å². The molecule has 0 spiro atoms. The molecule has 0 saturated heterocycles. The van der Waals surface area contributed by atoms with Crippen molar-refractivity contribution in [2.24, 2.45) is 0 Å². The van der Waals surface area contributed by atoms with Crippen molar-refractivity contribution in [3.05, 3.63) is 61.7 Å². The molecule has 36 heavy (non-hydrogen) atoms. The maximum atomic E-state index is 13.9. The Labute approximate surface area is 200 Å². The Bertz CT molecular complexity index is 1680. The fraction of sp³-hybridized carbons (Fsp3) is 0. The Hall–Kier alpha value is -4.52. The highest BCUT2D eigenvalue weighted by Gasteiger charge is 2.40. The van der Waals surface area contributed by atoms with E-state index in [0.29, 0.717) is 0 Å². The van der Waals surface area contributed by atoms with Crippen LogP contribution in [0.1, 0.15) is 0 Å². The topological polar surface area (TPSA) is 214 Å². The van der Waals surface area contributed by atoms with Gasteiger partial charge in [0.15, 0.2) is 0 Å². The van der Waals surface area contributed by atoms with Crippen molar-refractivity contribution >= 4 is 54.6 Å². The average Bonchev–Trinajstić information content (AvgIpc) is 3.61. The number of Topliss-reactive ketones (excluding diaryl/α,β-unsaturated/α-hetero) is 2. The molecule has 4 heterocycles. The third kappa shape index (κ3) is 3.79. The van der Waals surface area contributed by atoms with Crippen LogP contribution in [0.4, 0.5) is 0 Å². The van der Waals surface area contributed by atoms with Gasteiger partial charge in [-0.15, -0.1) is 0 Å². The van der Waals surface area contributed by atoms with Gasteiger partial charge < -0.3 is 0 Å². The summed E-state index contributed by atoms with van der Waals surface area (Å²) in [5.41, 5.74) is -1.69. The SMILES string of the molecule is O=C1C(n2cccn2)=C(n2cccn2)C(=O)C(n2cc(S(=O)(=O)O)cn2)=C1n1cc(S(=O)(=O)O)cn1. The van der Waals surface area contributed by atoms with E-state index in [1.807, 2.05) is 0 Å². The summed E-state index contributed by atoms with van der Waals surface area (Å²) in [7, 11) is -9.47. The van der Waals surface area contributed by atoms with Crippen molar-refractivity contribution in [2.75, 3.05) is 0 Å². The number of hydrogen-bond donors (Lipinski definition) is 2. The van der Waals surface area contributed by atoms with Crippen LogP contribution in [0.25, 0.3) is 22.8 Å². The Morgan fingerprint density at radius 2 is 0.944 bits per heavy atom. The molecule has 5 rings (SSSR count). The predicted molar refractivity (Wildman–Crippen MR) is 117 cm³/mol. The maximum Gasteiger partial charge on any atom is 0.297 e. The average molecular weight is 532 g/mol. The van der Waals surface area contributed by atoms with Crippen LogP contribution >= 0.6 is 0 Å². The summed E-state index contributed by atoms with van der Waals surface area (Å²) in [4.78, 5) is 26.4. The lowest BCUT2D eigenvalue weighted by molar-refractivity contribution is -0.112. The molecule has 16 nitrogen and oxygen atoms in total. The second kappa shape index (κ2) is 8.02. The van der Waals surface area contributed by atoms with Gasteiger partial charge in [-0.1, -0.05) is 0 Å². The predicted octanol–water partition coefficient (Wildman–Crippen LogP) is -0.530. The van der Waals surface area contributed by atoms with E-state index >= 15 is 0 Å². The fourth-order valence-electron chi connectivity index (χ4n) is 3.43. The second-order valence-corrected chi connectivity index (χ2v) is 9.99. The van der Waals surface area contributed by atoms with Gasteiger partial charge in [0.2, 0.25) is 11.6 Å². The van der Waals surface area contributed by atoms with E-state index in [0.717, 1.165) is 43.5 Å². The van der Waals surface area contributed by atoms with Crippen LogP contribution in [0, 0.1) is 0 Å². The third-order valence-corrected chi connectivity index (χ3v) is 6.56. The summed E-state index contributed by atoms with van der Waals surface area (Å²) in [6, 6.07) is 2.97. The Kier molecular flexibility index (Phi) is 5.17. The molecule has 4 aromatic heterocycles. The highest BCUT2D eigenvalue weighted by molar-refractivity contribution is 7.86. The molecular formula is C18H12N8O8S2. The van der Waals surface area contributed by atoms with E-state index in [1.165, 1.54) is 36.9 Å². The number of carbonyl (C=O) groups is 2. The van der Waals surface area contributed by atoms with Crippen molar-refractivity contribution in [2.45, 2.75) is 9.79 Å². The Morgan fingerprint density at radius 3 is 1.22 bits per heavy atom. The van der Waals surface area contributed by atoms with Crippen molar-refractivity contribution in [1.29, 1.82) is 0 Å². The van der Waals surface area contributed by atoms with Crippen molar-refractivity contribution < 1.29 is 35.5 Å².